The highest BCUT2D eigenvalue weighted by Gasteiger charge is 2.21. The van der Waals surface area contributed by atoms with E-state index in [1.54, 1.807) is 11.3 Å². The first-order valence-corrected chi connectivity index (χ1v) is 10.4. The fourth-order valence-electron chi connectivity index (χ4n) is 2.96. The van der Waals surface area contributed by atoms with Gasteiger partial charge in [-0.2, -0.15) is 0 Å². The summed E-state index contributed by atoms with van der Waals surface area (Å²) in [5, 5.41) is 5.00. The molecule has 1 aromatic carbocycles. The lowest BCUT2D eigenvalue weighted by atomic mass is 9.88. The molecule has 0 fully saturated rings. The van der Waals surface area contributed by atoms with Crippen molar-refractivity contribution < 1.29 is 14.3 Å². The van der Waals surface area contributed by atoms with Crippen molar-refractivity contribution in [3.8, 4) is 0 Å². The predicted molar refractivity (Wildman–Crippen MR) is 102 cm³/mol. The second-order valence-corrected chi connectivity index (χ2v) is 7.96. The highest BCUT2D eigenvalue weighted by molar-refractivity contribution is 7.99. The first-order valence-electron chi connectivity index (χ1n) is 8.35. The summed E-state index contributed by atoms with van der Waals surface area (Å²) < 4.78 is 5.08. The average molecular weight is 376 g/mol. The minimum Gasteiger partial charge on any atom is -0.455 e. The molecule has 0 spiro atoms. The number of rotatable bonds is 7. The van der Waals surface area contributed by atoms with Crippen LogP contribution in [0.15, 0.2) is 41.8 Å². The molecule has 1 N–H and O–H groups in total. The maximum Gasteiger partial charge on any atom is 0.316 e. The van der Waals surface area contributed by atoms with Gasteiger partial charge in [-0.05, 0) is 41.8 Å². The summed E-state index contributed by atoms with van der Waals surface area (Å²) in [4.78, 5) is 25.1. The van der Waals surface area contributed by atoms with Crippen molar-refractivity contribution in [1.29, 1.82) is 0 Å². The Kier molecular flexibility index (Phi) is 6.53. The average Bonchev–Trinajstić information content (AvgIpc) is 3.14. The topological polar surface area (TPSA) is 55.4 Å². The van der Waals surface area contributed by atoms with Crippen molar-refractivity contribution in [3.05, 3.63) is 57.8 Å². The molecule has 0 saturated carbocycles. The van der Waals surface area contributed by atoms with Gasteiger partial charge in [0.05, 0.1) is 11.8 Å². The number of esters is 1. The number of amides is 1. The molecule has 1 atom stereocenters. The van der Waals surface area contributed by atoms with E-state index in [9.17, 15) is 9.59 Å². The molecule has 0 unspecified atom stereocenters. The molecule has 132 valence electrons. The Morgan fingerprint density at radius 1 is 1.24 bits per heavy atom. The predicted octanol–water partition coefficient (Wildman–Crippen LogP) is 3.72. The van der Waals surface area contributed by atoms with E-state index in [-0.39, 0.29) is 30.3 Å². The van der Waals surface area contributed by atoms with Crippen LogP contribution in [0.1, 0.15) is 34.9 Å². The van der Waals surface area contributed by atoms with Crippen molar-refractivity contribution in [2.24, 2.45) is 0 Å². The van der Waals surface area contributed by atoms with E-state index < -0.39 is 0 Å². The Morgan fingerprint density at radius 2 is 2.12 bits per heavy atom. The minimum atomic E-state index is -0.347. The van der Waals surface area contributed by atoms with E-state index in [0.29, 0.717) is 0 Å². The lowest BCUT2D eigenvalue weighted by Crippen LogP contribution is -2.34. The number of hydrogen-bond acceptors (Lipinski definition) is 5. The van der Waals surface area contributed by atoms with Gasteiger partial charge in [-0.25, -0.2) is 0 Å². The molecule has 3 rings (SSSR count). The number of benzene rings is 1. The van der Waals surface area contributed by atoms with Gasteiger partial charge >= 0.3 is 5.97 Å². The van der Waals surface area contributed by atoms with Crippen LogP contribution < -0.4 is 5.32 Å². The van der Waals surface area contributed by atoms with Crippen LogP contribution in [-0.2, 0) is 26.5 Å². The molecule has 1 amide bonds. The van der Waals surface area contributed by atoms with E-state index in [1.807, 2.05) is 29.6 Å². The van der Waals surface area contributed by atoms with Crippen LogP contribution in [0.3, 0.4) is 0 Å². The number of carbonyl (C=O) groups excluding carboxylic acids is 2. The van der Waals surface area contributed by atoms with Crippen LogP contribution in [0.4, 0.5) is 0 Å². The second-order valence-electron chi connectivity index (χ2n) is 5.94. The van der Waals surface area contributed by atoms with Gasteiger partial charge < -0.3 is 10.1 Å². The molecule has 6 heteroatoms. The fraction of sp³-hybridized carbons (Fsp3) is 0.368. The smallest absolute Gasteiger partial charge is 0.316 e. The highest BCUT2D eigenvalue weighted by atomic mass is 32.2. The molecule has 25 heavy (non-hydrogen) atoms. The van der Waals surface area contributed by atoms with Gasteiger partial charge in [0.25, 0.3) is 5.91 Å². The van der Waals surface area contributed by atoms with Crippen LogP contribution >= 0.6 is 23.1 Å². The molecule has 0 aliphatic heterocycles. The number of aryl methyl sites for hydroxylation is 1. The lowest BCUT2D eigenvalue weighted by Gasteiger charge is -2.26. The van der Waals surface area contributed by atoms with E-state index in [2.05, 4.69) is 17.4 Å². The molecule has 2 aromatic rings. The minimum absolute atomic E-state index is 0.0179. The van der Waals surface area contributed by atoms with E-state index in [4.69, 9.17) is 4.74 Å². The van der Waals surface area contributed by atoms with Crippen LogP contribution in [-0.4, -0.2) is 24.2 Å². The molecule has 1 aromatic heterocycles. The van der Waals surface area contributed by atoms with Gasteiger partial charge in [-0.3, -0.25) is 9.59 Å². The summed E-state index contributed by atoms with van der Waals surface area (Å²) in [5.41, 5.74) is 2.47. The number of thioether (sulfide) groups is 1. The van der Waals surface area contributed by atoms with Crippen LogP contribution in [0.25, 0.3) is 0 Å². The first-order chi connectivity index (χ1) is 12.2. The van der Waals surface area contributed by atoms with Gasteiger partial charge in [0.1, 0.15) is 0 Å². The molecule has 1 heterocycles. The third-order valence-corrected chi connectivity index (χ3v) is 6.13. The standard InChI is InChI=1S/C19H21NO3S2/c21-18(11-23-19(22)13-24-12-15-7-4-10-25-15)20-17-9-3-6-14-5-1-2-8-16(14)17/h1-2,4-5,7-8,10,17H,3,6,9,11-13H2,(H,20,21)/t17-/m1/s1. The van der Waals surface area contributed by atoms with Crippen molar-refractivity contribution in [2.45, 2.75) is 31.1 Å². The second kappa shape index (κ2) is 9.06. The molecular formula is C19H21NO3S2. The zero-order valence-electron chi connectivity index (χ0n) is 13.9. The number of hydrogen-bond donors (Lipinski definition) is 1. The molecule has 1 aliphatic rings. The van der Waals surface area contributed by atoms with Gasteiger partial charge in [-0.15, -0.1) is 23.1 Å². The number of thiophene rings is 1. The third kappa shape index (κ3) is 5.34. The number of carbonyl (C=O) groups is 2. The van der Waals surface area contributed by atoms with Gasteiger partial charge in [-0.1, -0.05) is 30.3 Å². The first kappa shape index (κ1) is 18.0. The zero-order valence-corrected chi connectivity index (χ0v) is 15.5. The lowest BCUT2D eigenvalue weighted by molar-refractivity contribution is -0.146. The Morgan fingerprint density at radius 3 is 2.96 bits per heavy atom. The number of nitrogens with one attached hydrogen (secondary N) is 1. The molecule has 0 bridgehead atoms. The normalized spacial score (nSPS) is 16.1. The number of ether oxygens (including phenoxy) is 1. The maximum absolute atomic E-state index is 12.1. The Labute approximate surface area is 156 Å². The van der Waals surface area contributed by atoms with Crippen molar-refractivity contribution in [2.75, 3.05) is 12.4 Å². The van der Waals surface area contributed by atoms with Crippen molar-refractivity contribution in [1.82, 2.24) is 5.32 Å². The SMILES string of the molecule is O=C(COC(=O)CSCc1cccs1)N[C@@H]1CCCc2ccccc21. The van der Waals surface area contributed by atoms with Crippen LogP contribution in [0, 0.1) is 0 Å². The van der Waals surface area contributed by atoms with Gasteiger partial charge in [0.2, 0.25) is 0 Å². The van der Waals surface area contributed by atoms with E-state index in [0.717, 1.165) is 25.0 Å². The summed E-state index contributed by atoms with van der Waals surface area (Å²) in [6, 6.07) is 12.2. The Balaban J connectivity index is 1.39. The van der Waals surface area contributed by atoms with Gasteiger partial charge in [0, 0.05) is 10.6 Å². The van der Waals surface area contributed by atoms with Crippen LogP contribution in [0.5, 0.6) is 0 Å². The highest BCUT2D eigenvalue weighted by Crippen LogP contribution is 2.29. The third-order valence-electron chi connectivity index (χ3n) is 4.11. The fourth-order valence-corrected chi connectivity index (χ4v) is 4.62. The van der Waals surface area contributed by atoms with Gasteiger partial charge in [0.15, 0.2) is 6.61 Å². The summed E-state index contributed by atoms with van der Waals surface area (Å²) in [6.07, 6.45) is 3.04. The molecule has 0 saturated heterocycles. The molecule has 4 nitrogen and oxygen atoms in total. The largest absolute Gasteiger partial charge is 0.455 e. The summed E-state index contributed by atoms with van der Waals surface area (Å²) in [7, 11) is 0. The summed E-state index contributed by atoms with van der Waals surface area (Å²) >= 11 is 3.17. The summed E-state index contributed by atoms with van der Waals surface area (Å²) in [6.45, 7) is -0.211. The monoisotopic (exact) mass is 375 g/mol. The number of fused-ring (bicyclic) bond motifs is 1. The molecule has 1 aliphatic carbocycles. The zero-order chi connectivity index (χ0) is 17.5. The molecular weight excluding hydrogens is 354 g/mol. The van der Waals surface area contributed by atoms with Crippen LogP contribution in [0.2, 0.25) is 0 Å². The van der Waals surface area contributed by atoms with E-state index in [1.165, 1.54) is 27.8 Å². The summed E-state index contributed by atoms with van der Waals surface area (Å²) in [5.74, 6) is 0.467. The van der Waals surface area contributed by atoms with E-state index >= 15 is 0 Å². The quantitative estimate of drug-likeness (QED) is 0.750. The Bertz CT molecular complexity index is 715. The van der Waals surface area contributed by atoms with Crippen molar-refractivity contribution in [3.63, 3.8) is 0 Å². The Hall–Kier alpha value is -1.79. The van der Waals surface area contributed by atoms with Crippen molar-refractivity contribution >= 4 is 35.0 Å². The molecule has 0 radical (unpaired) electrons. The maximum atomic E-state index is 12.1.